The highest BCUT2D eigenvalue weighted by atomic mass is 16.3. The SMILES string of the molecule is CC(c1nc2ccc(O)cc2[nH]1)C1CC1. The van der Waals surface area contributed by atoms with Crippen LogP contribution < -0.4 is 0 Å². The molecule has 3 heteroatoms. The maximum atomic E-state index is 9.35. The van der Waals surface area contributed by atoms with E-state index in [4.69, 9.17) is 0 Å². The monoisotopic (exact) mass is 202 g/mol. The van der Waals surface area contributed by atoms with Crippen molar-refractivity contribution in [3.05, 3.63) is 24.0 Å². The molecule has 3 nitrogen and oxygen atoms in total. The highest BCUT2D eigenvalue weighted by Crippen LogP contribution is 2.41. The summed E-state index contributed by atoms with van der Waals surface area (Å²) in [5.74, 6) is 2.66. The zero-order valence-electron chi connectivity index (χ0n) is 8.70. The van der Waals surface area contributed by atoms with Crippen molar-refractivity contribution in [3.63, 3.8) is 0 Å². The molecule has 1 aliphatic carbocycles. The molecular formula is C12H14N2O. The van der Waals surface area contributed by atoms with Gasteiger partial charge in [0.25, 0.3) is 0 Å². The van der Waals surface area contributed by atoms with Gasteiger partial charge in [0.2, 0.25) is 0 Å². The maximum Gasteiger partial charge on any atom is 0.117 e. The van der Waals surface area contributed by atoms with Crippen LogP contribution in [0.1, 0.15) is 31.5 Å². The average Bonchev–Trinajstić information content (AvgIpc) is 2.97. The van der Waals surface area contributed by atoms with E-state index in [0.29, 0.717) is 5.92 Å². The highest BCUT2D eigenvalue weighted by Gasteiger charge is 2.30. The normalized spacial score (nSPS) is 18.2. The molecule has 1 saturated carbocycles. The molecule has 1 atom stereocenters. The second kappa shape index (κ2) is 2.99. The molecule has 78 valence electrons. The van der Waals surface area contributed by atoms with E-state index >= 15 is 0 Å². The summed E-state index contributed by atoms with van der Waals surface area (Å²) in [6.45, 7) is 2.22. The van der Waals surface area contributed by atoms with Crippen LogP contribution in [0.3, 0.4) is 0 Å². The molecule has 1 unspecified atom stereocenters. The van der Waals surface area contributed by atoms with Gasteiger partial charge in [-0.05, 0) is 30.9 Å². The third-order valence-electron chi connectivity index (χ3n) is 3.24. The minimum Gasteiger partial charge on any atom is -0.508 e. The molecule has 0 bridgehead atoms. The largest absolute Gasteiger partial charge is 0.508 e. The number of rotatable bonds is 2. The molecule has 0 spiro atoms. The zero-order valence-corrected chi connectivity index (χ0v) is 8.70. The molecular weight excluding hydrogens is 188 g/mol. The highest BCUT2D eigenvalue weighted by molar-refractivity contribution is 5.76. The van der Waals surface area contributed by atoms with Crippen molar-refractivity contribution in [3.8, 4) is 5.75 Å². The van der Waals surface area contributed by atoms with Crippen LogP contribution in [0.5, 0.6) is 5.75 Å². The van der Waals surface area contributed by atoms with Gasteiger partial charge in [-0.25, -0.2) is 4.98 Å². The van der Waals surface area contributed by atoms with E-state index in [-0.39, 0.29) is 5.75 Å². The summed E-state index contributed by atoms with van der Waals surface area (Å²) >= 11 is 0. The number of aromatic nitrogens is 2. The Morgan fingerprint density at radius 2 is 2.27 bits per heavy atom. The van der Waals surface area contributed by atoms with Crippen molar-refractivity contribution in [2.45, 2.75) is 25.7 Å². The summed E-state index contributed by atoms with van der Waals surface area (Å²) in [4.78, 5) is 7.83. The molecule has 0 aliphatic heterocycles. The van der Waals surface area contributed by atoms with Gasteiger partial charge in [0.1, 0.15) is 11.6 Å². The van der Waals surface area contributed by atoms with E-state index in [9.17, 15) is 5.11 Å². The number of aromatic hydroxyl groups is 1. The predicted molar refractivity (Wildman–Crippen MR) is 58.9 cm³/mol. The van der Waals surface area contributed by atoms with Crippen LogP contribution in [0.25, 0.3) is 11.0 Å². The van der Waals surface area contributed by atoms with Gasteiger partial charge < -0.3 is 10.1 Å². The molecule has 0 saturated heterocycles. The number of aromatic amines is 1. The van der Waals surface area contributed by atoms with Gasteiger partial charge in [-0.15, -0.1) is 0 Å². The third kappa shape index (κ3) is 1.48. The van der Waals surface area contributed by atoms with Crippen molar-refractivity contribution < 1.29 is 5.11 Å². The Morgan fingerprint density at radius 1 is 1.47 bits per heavy atom. The van der Waals surface area contributed by atoms with Crippen molar-refractivity contribution in [1.29, 1.82) is 0 Å². The number of fused-ring (bicyclic) bond motifs is 1. The van der Waals surface area contributed by atoms with E-state index in [1.807, 2.05) is 6.07 Å². The predicted octanol–water partition coefficient (Wildman–Crippen LogP) is 2.78. The molecule has 1 aromatic heterocycles. The van der Waals surface area contributed by atoms with Crippen LogP contribution in [0, 0.1) is 5.92 Å². The summed E-state index contributed by atoms with van der Waals surface area (Å²) in [6.07, 6.45) is 2.65. The minimum absolute atomic E-state index is 0.289. The first-order valence-corrected chi connectivity index (χ1v) is 5.42. The Balaban J connectivity index is 2.05. The number of hydrogen-bond acceptors (Lipinski definition) is 2. The summed E-state index contributed by atoms with van der Waals surface area (Å²) in [5.41, 5.74) is 1.87. The molecule has 1 fully saturated rings. The Morgan fingerprint density at radius 3 is 3.00 bits per heavy atom. The fourth-order valence-electron chi connectivity index (χ4n) is 2.05. The van der Waals surface area contributed by atoms with Gasteiger partial charge in [0, 0.05) is 12.0 Å². The Kier molecular flexibility index (Phi) is 1.75. The molecule has 1 aromatic carbocycles. The van der Waals surface area contributed by atoms with Crippen LogP contribution in [-0.4, -0.2) is 15.1 Å². The number of imidazole rings is 1. The number of benzene rings is 1. The van der Waals surface area contributed by atoms with E-state index in [2.05, 4.69) is 16.9 Å². The lowest BCUT2D eigenvalue weighted by Crippen LogP contribution is -1.97. The molecule has 1 aliphatic rings. The lowest BCUT2D eigenvalue weighted by Gasteiger charge is -2.04. The minimum atomic E-state index is 0.289. The number of H-pyrrole nitrogens is 1. The first-order valence-electron chi connectivity index (χ1n) is 5.42. The van der Waals surface area contributed by atoms with E-state index in [1.54, 1.807) is 12.1 Å². The van der Waals surface area contributed by atoms with Gasteiger partial charge in [-0.2, -0.15) is 0 Å². The number of nitrogens with one attached hydrogen (secondary N) is 1. The Labute approximate surface area is 88.2 Å². The number of hydrogen-bond donors (Lipinski definition) is 2. The second-order valence-corrected chi connectivity index (χ2v) is 4.45. The zero-order chi connectivity index (χ0) is 10.4. The second-order valence-electron chi connectivity index (χ2n) is 4.45. The Bertz CT molecular complexity index is 499. The average molecular weight is 202 g/mol. The summed E-state index contributed by atoms with van der Waals surface area (Å²) in [6, 6.07) is 5.25. The third-order valence-corrected chi connectivity index (χ3v) is 3.24. The smallest absolute Gasteiger partial charge is 0.117 e. The molecule has 0 amide bonds. The lowest BCUT2D eigenvalue weighted by molar-refractivity contribution is 0.476. The van der Waals surface area contributed by atoms with Crippen LogP contribution >= 0.6 is 0 Å². The Hall–Kier alpha value is -1.51. The van der Waals surface area contributed by atoms with E-state index < -0.39 is 0 Å². The summed E-state index contributed by atoms with van der Waals surface area (Å²) < 4.78 is 0. The quantitative estimate of drug-likeness (QED) is 0.786. The first-order chi connectivity index (χ1) is 7.24. The fourth-order valence-corrected chi connectivity index (χ4v) is 2.05. The summed E-state index contributed by atoms with van der Waals surface area (Å²) in [7, 11) is 0. The first kappa shape index (κ1) is 8.77. The van der Waals surface area contributed by atoms with Crippen molar-refractivity contribution in [2.24, 2.45) is 5.92 Å². The van der Waals surface area contributed by atoms with Crippen LogP contribution in [-0.2, 0) is 0 Å². The molecule has 0 radical (unpaired) electrons. The molecule has 3 rings (SSSR count). The van der Waals surface area contributed by atoms with E-state index in [0.717, 1.165) is 22.8 Å². The lowest BCUT2D eigenvalue weighted by atomic mass is 10.1. The van der Waals surface area contributed by atoms with Gasteiger partial charge in [-0.3, -0.25) is 0 Å². The van der Waals surface area contributed by atoms with Crippen LogP contribution in [0.2, 0.25) is 0 Å². The van der Waals surface area contributed by atoms with Gasteiger partial charge in [0.05, 0.1) is 11.0 Å². The van der Waals surface area contributed by atoms with Crippen molar-refractivity contribution in [1.82, 2.24) is 9.97 Å². The number of phenolic OH excluding ortho intramolecular Hbond substituents is 1. The van der Waals surface area contributed by atoms with Crippen molar-refractivity contribution in [2.75, 3.05) is 0 Å². The topological polar surface area (TPSA) is 48.9 Å². The van der Waals surface area contributed by atoms with Crippen molar-refractivity contribution >= 4 is 11.0 Å². The van der Waals surface area contributed by atoms with Crippen LogP contribution in [0.4, 0.5) is 0 Å². The fraction of sp³-hybridized carbons (Fsp3) is 0.417. The van der Waals surface area contributed by atoms with Gasteiger partial charge >= 0.3 is 0 Å². The van der Waals surface area contributed by atoms with Gasteiger partial charge in [0.15, 0.2) is 0 Å². The van der Waals surface area contributed by atoms with Crippen LogP contribution in [0.15, 0.2) is 18.2 Å². The number of phenols is 1. The number of nitrogens with zero attached hydrogens (tertiary/aromatic N) is 1. The molecule has 1 heterocycles. The summed E-state index contributed by atoms with van der Waals surface area (Å²) in [5, 5.41) is 9.35. The van der Waals surface area contributed by atoms with Gasteiger partial charge in [-0.1, -0.05) is 6.92 Å². The standard InChI is InChI=1S/C12H14N2O/c1-7(8-2-3-8)12-13-10-5-4-9(15)6-11(10)14-12/h4-8,15H,2-3H2,1H3,(H,13,14). The van der Waals surface area contributed by atoms with E-state index in [1.165, 1.54) is 12.8 Å². The molecule has 2 N–H and O–H groups in total. The maximum absolute atomic E-state index is 9.35. The molecule has 2 aromatic rings. The molecule has 15 heavy (non-hydrogen) atoms.